The zero-order valence-corrected chi connectivity index (χ0v) is 25.5. The molecular weight excluding hydrogens is 621 g/mol. The summed E-state index contributed by atoms with van der Waals surface area (Å²) in [6.07, 6.45) is 1.54. The number of thiazole rings is 1. The second-order valence-corrected chi connectivity index (χ2v) is 11.0. The first-order valence-electron chi connectivity index (χ1n) is 12.7. The Morgan fingerprint density at radius 2 is 1.93 bits per heavy atom. The number of rotatable bonds is 8. The molecule has 0 bridgehead atoms. The number of carbonyl (C=O) groups excluding carboxylic acids is 1. The SMILES string of the molecule is CCOC(=O)C1=C(C)N=c2s/c(=C/c3ccc(-c4cc(Cl)c([N+](=O)[O-])cc4Cl)o3)c(=O)n2C1c1ccc(OC)cc1OC. The number of methoxy groups -OCH3 is 2. The van der Waals surface area contributed by atoms with Crippen molar-refractivity contribution >= 4 is 52.3 Å². The summed E-state index contributed by atoms with van der Waals surface area (Å²) in [6, 6.07) is 9.95. The third-order valence-electron chi connectivity index (χ3n) is 6.65. The standard InChI is InChI=1S/C29H23Cl2N3O8S/c1-5-41-28(36)25-14(2)32-29-33(26(25)17-8-6-15(39-3)10-23(17)40-4)27(35)24(43-29)11-16-7-9-22(42-16)18-12-20(31)21(34(37)38)13-19(18)30/h6-13,26H,5H2,1-4H3/b24-11+. The summed E-state index contributed by atoms with van der Waals surface area (Å²) in [5.74, 6) is 0.946. The Kier molecular flexibility index (Phi) is 8.45. The first-order chi connectivity index (χ1) is 20.6. The number of allylic oxidation sites excluding steroid dienone is 1. The van der Waals surface area contributed by atoms with Crippen molar-refractivity contribution in [1.82, 2.24) is 4.57 Å². The molecule has 43 heavy (non-hydrogen) atoms. The molecule has 1 aliphatic heterocycles. The summed E-state index contributed by atoms with van der Waals surface area (Å²) in [4.78, 5) is 42.6. The van der Waals surface area contributed by atoms with Crippen molar-refractivity contribution in [2.24, 2.45) is 4.99 Å². The van der Waals surface area contributed by atoms with Gasteiger partial charge in [0.15, 0.2) is 4.80 Å². The van der Waals surface area contributed by atoms with E-state index < -0.39 is 22.5 Å². The molecular formula is C29H23Cl2N3O8S. The third-order valence-corrected chi connectivity index (χ3v) is 8.25. The minimum atomic E-state index is -0.897. The summed E-state index contributed by atoms with van der Waals surface area (Å²) in [5, 5.41) is 11.2. The third kappa shape index (κ3) is 5.56. The lowest BCUT2D eigenvalue weighted by atomic mass is 9.95. The van der Waals surface area contributed by atoms with Crippen LogP contribution in [0.2, 0.25) is 10.0 Å². The minimum Gasteiger partial charge on any atom is -0.497 e. The molecule has 2 aromatic heterocycles. The van der Waals surface area contributed by atoms with Crippen molar-refractivity contribution in [2.45, 2.75) is 19.9 Å². The number of hydrogen-bond acceptors (Lipinski definition) is 10. The molecule has 3 heterocycles. The molecule has 0 aliphatic carbocycles. The van der Waals surface area contributed by atoms with E-state index in [1.807, 2.05) is 0 Å². The van der Waals surface area contributed by atoms with E-state index in [4.69, 9.17) is 41.8 Å². The summed E-state index contributed by atoms with van der Waals surface area (Å²) in [7, 11) is 3.01. The number of fused-ring (bicyclic) bond motifs is 1. The lowest BCUT2D eigenvalue weighted by Crippen LogP contribution is -2.40. The van der Waals surface area contributed by atoms with Gasteiger partial charge in [-0.1, -0.05) is 34.5 Å². The number of furan rings is 1. The molecule has 1 atom stereocenters. The van der Waals surface area contributed by atoms with Crippen LogP contribution in [0.3, 0.4) is 0 Å². The summed E-state index contributed by atoms with van der Waals surface area (Å²) in [6.45, 7) is 3.52. The summed E-state index contributed by atoms with van der Waals surface area (Å²) < 4.78 is 23.9. The van der Waals surface area contributed by atoms with Crippen molar-refractivity contribution in [3.8, 4) is 22.8 Å². The molecule has 0 radical (unpaired) electrons. The van der Waals surface area contributed by atoms with Gasteiger partial charge in [-0.2, -0.15) is 0 Å². The van der Waals surface area contributed by atoms with Crippen LogP contribution in [0.25, 0.3) is 17.4 Å². The second kappa shape index (κ2) is 12.1. The molecule has 0 amide bonds. The quantitative estimate of drug-likeness (QED) is 0.144. The fourth-order valence-electron chi connectivity index (χ4n) is 4.70. The molecule has 5 rings (SSSR count). The normalized spacial score (nSPS) is 14.7. The Labute approximate surface area is 258 Å². The van der Waals surface area contributed by atoms with Gasteiger partial charge in [0.05, 0.1) is 46.6 Å². The van der Waals surface area contributed by atoms with E-state index >= 15 is 0 Å². The van der Waals surface area contributed by atoms with Gasteiger partial charge in [0.2, 0.25) is 0 Å². The van der Waals surface area contributed by atoms with Crippen LogP contribution < -0.4 is 24.4 Å². The van der Waals surface area contributed by atoms with Gasteiger partial charge in [-0.25, -0.2) is 9.79 Å². The van der Waals surface area contributed by atoms with Gasteiger partial charge in [0, 0.05) is 29.3 Å². The highest BCUT2D eigenvalue weighted by Gasteiger charge is 2.35. The van der Waals surface area contributed by atoms with Gasteiger partial charge in [-0.15, -0.1) is 0 Å². The molecule has 0 saturated heterocycles. The number of benzene rings is 2. The number of ether oxygens (including phenoxy) is 3. The van der Waals surface area contributed by atoms with Crippen molar-refractivity contribution in [2.75, 3.05) is 20.8 Å². The number of aromatic nitrogens is 1. The number of carbonyl (C=O) groups is 1. The maximum atomic E-state index is 13.9. The predicted molar refractivity (Wildman–Crippen MR) is 161 cm³/mol. The summed E-state index contributed by atoms with van der Waals surface area (Å²) >= 11 is 13.5. The van der Waals surface area contributed by atoms with Crippen LogP contribution in [0.1, 0.15) is 31.2 Å². The van der Waals surface area contributed by atoms with Crippen LogP contribution in [-0.4, -0.2) is 36.3 Å². The second-order valence-electron chi connectivity index (χ2n) is 9.15. The molecule has 0 N–H and O–H groups in total. The number of esters is 1. The number of hydrogen-bond donors (Lipinski definition) is 0. The first-order valence-corrected chi connectivity index (χ1v) is 14.3. The van der Waals surface area contributed by atoms with Gasteiger partial charge >= 0.3 is 5.97 Å². The molecule has 0 fully saturated rings. The van der Waals surface area contributed by atoms with Gasteiger partial charge in [-0.05, 0) is 44.2 Å². The number of nitro groups is 1. The van der Waals surface area contributed by atoms with Gasteiger partial charge in [-0.3, -0.25) is 19.5 Å². The van der Waals surface area contributed by atoms with Crippen LogP contribution in [0.4, 0.5) is 5.69 Å². The van der Waals surface area contributed by atoms with Crippen LogP contribution in [0.15, 0.2) is 67.9 Å². The molecule has 14 heteroatoms. The van der Waals surface area contributed by atoms with Crippen molar-refractivity contribution < 1.29 is 28.3 Å². The predicted octanol–water partition coefficient (Wildman–Crippen LogP) is 5.29. The van der Waals surface area contributed by atoms with E-state index in [1.165, 1.54) is 24.9 Å². The van der Waals surface area contributed by atoms with Crippen LogP contribution in [0, 0.1) is 10.1 Å². The smallest absolute Gasteiger partial charge is 0.338 e. The largest absolute Gasteiger partial charge is 0.497 e. The number of nitro benzene ring substituents is 1. The molecule has 2 aromatic carbocycles. The van der Waals surface area contributed by atoms with E-state index in [9.17, 15) is 19.7 Å². The lowest BCUT2D eigenvalue weighted by molar-refractivity contribution is -0.384. The monoisotopic (exact) mass is 643 g/mol. The Hall–Kier alpha value is -4.39. The van der Waals surface area contributed by atoms with E-state index in [1.54, 1.807) is 50.3 Å². The minimum absolute atomic E-state index is 0.0757. The van der Waals surface area contributed by atoms with E-state index in [0.29, 0.717) is 44.6 Å². The van der Waals surface area contributed by atoms with Crippen molar-refractivity contribution in [1.29, 1.82) is 0 Å². The fraction of sp³-hybridized carbons (Fsp3) is 0.207. The zero-order chi connectivity index (χ0) is 31.0. The molecule has 222 valence electrons. The number of nitrogens with zero attached hydrogens (tertiary/aromatic N) is 3. The average Bonchev–Trinajstić information content (AvgIpc) is 3.56. The number of halogens is 2. The van der Waals surface area contributed by atoms with Gasteiger partial charge in [0.25, 0.3) is 11.2 Å². The van der Waals surface area contributed by atoms with Crippen molar-refractivity contribution in [3.63, 3.8) is 0 Å². The molecule has 0 saturated carbocycles. The Morgan fingerprint density at radius 3 is 2.60 bits per heavy atom. The van der Waals surface area contributed by atoms with Crippen LogP contribution >= 0.6 is 34.5 Å². The highest BCUT2D eigenvalue weighted by molar-refractivity contribution is 7.07. The van der Waals surface area contributed by atoms with Crippen LogP contribution in [-0.2, 0) is 9.53 Å². The molecule has 11 nitrogen and oxygen atoms in total. The van der Waals surface area contributed by atoms with E-state index in [2.05, 4.69) is 4.99 Å². The Morgan fingerprint density at radius 1 is 1.16 bits per heavy atom. The fourth-order valence-corrected chi connectivity index (χ4v) is 6.21. The zero-order valence-electron chi connectivity index (χ0n) is 23.2. The molecule has 0 spiro atoms. The maximum Gasteiger partial charge on any atom is 0.338 e. The summed E-state index contributed by atoms with van der Waals surface area (Å²) in [5.41, 5.74) is 0.741. The molecule has 1 aliphatic rings. The first kappa shape index (κ1) is 30.1. The van der Waals surface area contributed by atoms with Crippen molar-refractivity contribution in [3.05, 3.63) is 105 Å². The van der Waals surface area contributed by atoms with Gasteiger partial charge < -0.3 is 18.6 Å². The van der Waals surface area contributed by atoms with Crippen LogP contribution in [0.5, 0.6) is 11.5 Å². The highest BCUT2D eigenvalue weighted by atomic mass is 35.5. The van der Waals surface area contributed by atoms with E-state index in [0.717, 1.165) is 17.4 Å². The van der Waals surface area contributed by atoms with Gasteiger partial charge in [0.1, 0.15) is 34.1 Å². The van der Waals surface area contributed by atoms with E-state index in [-0.39, 0.29) is 32.4 Å². The Bertz CT molecular complexity index is 1990. The molecule has 4 aromatic rings. The highest BCUT2D eigenvalue weighted by Crippen LogP contribution is 2.39. The Balaban J connectivity index is 1.65. The molecule has 1 unspecified atom stereocenters. The lowest BCUT2D eigenvalue weighted by Gasteiger charge is -2.26. The maximum absolute atomic E-state index is 13.9. The topological polar surface area (TPSA) is 135 Å². The average molecular weight is 644 g/mol.